The summed E-state index contributed by atoms with van der Waals surface area (Å²) in [7, 11) is 1.31. The molecule has 0 aliphatic carbocycles. The second-order valence-electron chi connectivity index (χ2n) is 0.682. The molecule has 0 fully saturated rings. The first-order valence-electron chi connectivity index (χ1n) is 0.896. The van der Waals surface area contributed by atoms with E-state index in [-0.39, 0.29) is 37.2 Å². The smallest absolute Gasteiger partial charge is 0.213 e. The average Bonchev–Trinajstić information content (AvgIpc) is 0.722. The topological polar surface area (TPSA) is 34.1 Å². The van der Waals surface area contributed by atoms with Gasteiger partial charge in [0.2, 0.25) is 9.05 Å². The van der Waals surface area contributed by atoms with Gasteiger partial charge in [0.05, 0.1) is 6.26 Å². The third-order valence-electron chi connectivity index (χ3n) is 0. The summed E-state index contributed by atoms with van der Waals surface area (Å²) in [5.74, 6) is 0. The second-order valence-corrected chi connectivity index (χ2v) is 3.73. The van der Waals surface area contributed by atoms with Gasteiger partial charge < -0.3 is 0 Å². The minimum atomic E-state index is -3.19. The Morgan fingerprint density at radius 3 is 1.12 bits per heavy atom. The molecule has 0 unspecified atom stereocenters. The molecule has 0 aliphatic rings. The Hall–Kier alpha value is 1.11. The summed E-state index contributed by atoms with van der Waals surface area (Å²) in [4.78, 5) is 0. The summed E-state index contributed by atoms with van der Waals surface area (Å²) in [6.07, 6.45) is 0.925. The van der Waals surface area contributed by atoms with Crippen LogP contribution in [-0.2, 0) is 9.05 Å². The van der Waals surface area contributed by atoms with Crippen molar-refractivity contribution in [1.82, 2.24) is 0 Å². The Morgan fingerprint density at radius 1 is 1.12 bits per heavy atom. The first kappa shape index (κ1) is 22.9. The SMILES string of the molecule is CS(=O)(=O)Cl.Cl.Cl.Cl. The molecule has 0 radical (unpaired) electrons. The molecule has 0 bridgehead atoms. The van der Waals surface area contributed by atoms with Crippen LogP contribution >= 0.6 is 47.9 Å². The second kappa shape index (κ2) is 8.11. The van der Waals surface area contributed by atoms with Crippen molar-refractivity contribution in [1.29, 1.82) is 0 Å². The molecule has 7 heteroatoms. The van der Waals surface area contributed by atoms with Crippen LogP contribution in [0.1, 0.15) is 0 Å². The Bertz CT molecular complexity index is 97.2. The van der Waals surface area contributed by atoms with Crippen molar-refractivity contribution in [2.75, 3.05) is 6.26 Å². The minimum absolute atomic E-state index is 0. The van der Waals surface area contributed by atoms with Crippen LogP contribution in [0.5, 0.6) is 0 Å². The number of rotatable bonds is 0. The van der Waals surface area contributed by atoms with Crippen LogP contribution < -0.4 is 0 Å². The van der Waals surface area contributed by atoms with Crippen molar-refractivity contribution in [3.8, 4) is 0 Å². The summed E-state index contributed by atoms with van der Waals surface area (Å²) in [5.41, 5.74) is 0. The van der Waals surface area contributed by atoms with Crippen LogP contribution in [0.4, 0.5) is 0 Å². The zero-order valence-corrected chi connectivity index (χ0v) is 7.85. The van der Waals surface area contributed by atoms with E-state index < -0.39 is 9.05 Å². The average molecular weight is 224 g/mol. The van der Waals surface area contributed by atoms with Crippen LogP contribution in [0.2, 0.25) is 0 Å². The largest absolute Gasteiger partial charge is 0.229 e. The maximum atomic E-state index is 9.40. The summed E-state index contributed by atoms with van der Waals surface area (Å²) in [5, 5.41) is 0. The van der Waals surface area contributed by atoms with Crippen molar-refractivity contribution < 1.29 is 8.42 Å². The van der Waals surface area contributed by atoms with Crippen molar-refractivity contribution in [3.05, 3.63) is 0 Å². The molecular weight excluding hydrogens is 218 g/mol. The molecule has 0 heterocycles. The lowest BCUT2D eigenvalue weighted by Crippen LogP contribution is -1.76. The van der Waals surface area contributed by atoms with E-state index in [1.54, 1.807) is 0 Å². The lowest BCUT2D eigenvalue weighted by Gasteiger charge is -1.65. The zero-order chi connectivity index (χ0) is 4.50. The van der Waals surface area contributed by atoms with Crippen LogP contribution in [0.3, 0.4) is 0 Å². The molecule has 0 saturated heterocycles. The highest BCUT2D eigenvalue weighted by Crippen LogP contribution is 1.83. The molecule has 2 nitrogen and oxygen atoms in total. The van der Waals surface area contributed by atoms with Gasteiger partial charge in [-0.25, -0.2) is 8.42 Å². The molecule has 0 rings (SSSR count). The summed E-state index contributed by atoms with van der Waals surface area (Å²) < 4.78 is 18.8. The van der Waals surface area contributed by atoms with Crippen LogP contribution in [-0.4, -0.2) is 14.7 Å². The highest BCUT2D eigenvalue weighted by atomic mass is 35.7. The van der Waals surface area contributed by atoms with Crippen LogP contribution in [0, 0.1) is 0 Å². The molecule has 0 aliphatic heterocycles. The lowest BCUT2D eigenvalue weighted by atomic mass is 12.0. The van der Waals surface area contributed by atoms with Crippen LogP contribution in [0.25, 0.3) is 0 Å². The fourth-order valence-electron chi connectivity index (χ4n) is 0. The van der Waals surface area contributed by atoms with E-state index in [2.05, 4.69) is 10.7 Å². The Balaban J connectivity index is -0.0000000267. The molecule has 0 amide bonds. The third-order valence-corrected chi connectivity index (χ3v) is 0. The van der Waals surface area contributed by atoms with Gasteiger partial charge in [0.15, 0.2) is 0 Å². The maximum Gasteiger partial charge on any atom is 0.229 e. The molecule has 0 aromatic carbocycles. The number of halogens is 4. The molecule has 0 N–H and O–H groups in total. The van der Waals surface area contributed by atoms with Crippen LogP contribution in [0.15, 0.2) is 0 Å². The minimum Gasteiger partial charge on any atom is -0.213 e. The van der Waals surface area contributed by atoms with Gasteiger partial charge in [0, 0.05) is 10.7 Å². The molecular formula is CH6Cl4O2S. The number of hydrogen-bond acceptors (Lipinski definition) is 2. The first-order valence-corrected chi connectivity index (χ1v) is 3.61. The van der Waals surface area contributed by atoms with Gasteiger partial charge in [-0.2, -0.15) is 0 Å². The van der Waals surface area contributed by atoms with E-state index in [1.165, 1.54) is 0 Å². The molecule has 0 spiro atoms. The highest BCUT2D eigenvalue weighted by Gasteiger charge is 1.83. The maximum absolute atomic E-state index is 9.40. The lowest BCUT2D eigenvalue weighted by molar-refractivity contribution is 0.615. The van der Waals surface area contributed by atoms with E-state index in [1.807, 2.05) is 0 Å². The predicted octanol–water partition coefficient (Wildman–Crippen LogP) is 1.45. The summed E-state index contributed by atoms with van der Waals surface area (Å²) >= 11 is 0. The van der Waals surface area contributed by atoms with Crippen molar-refractivity contribution in [3.63, 3.8) is 0 Å². The first-order chi connectivity index (χ1) is 2.00. The van der Waals surface area contributed by atoms with Crippen molar-refractivity contribution >= 4 is 57.0 Å². The Morgan fingerprint density at radius 2 is 1.12 bits per heavy atom. The fraction of sp³-hybridized carbons (Fsp3) is 1.00. The predicted molar refractivity (Wildman–Crippen MR) is 42.4 cm³/mol. The molecule has 0 atom stereocenters. The molecule has 56 valence electrons. The van der Waals surface area contributed by atoms with Crippen molar-refractivity contribution in [2.24, 2.45) is 0 Å². The molecule has 0 aromatic rings. The summed E-state index contributed by atoms with van der Waals surface area (Å²) in [6, 6.07) is 0. The van der Waals surface area contributed by atoms with E-state index in [9.17, 15) is 8.42 Å². The zero-order valence-electron chi connectivity index (χ0n) is 3.83. The highest BCUT2D eigenvalue weighted by molar-refractivity contribution is 8.13. The third kappa shape index (κ3) is 215. The summed E-state index contributed by atoms with van der Waals surface area (Å²) in [6.45, 7) is 0. The van der Waals surface area contributed by atoms with E-state index in [4.69, 9.17) is 0 Å². The van der Waals surface area contributed by atoms with E-state index in [0.29, 0.717) is 0 Å². The van der Waals surface area contributed by atoms with Gasteiger partial charge in [0.1, 0.15) is 0 Å². The van der Waals surface area contributed by atoms with Gasteiger partial charge in [-0.3, -0.25) is 0 Å². The van der Waals surface area contributed by atoms with Crippen molar-refractivity contribution in [2.45, 2.75) is 0 Å². The monoisotopic (exact) mass is 222 g/mol. The normalized spacial score (nSPS) is 7.25. The van der Waals surface area contributed by atoms with Gasteiger partial charge in [-0.15, -0.1) is 37.2 Å². The molecule has 0 aromatic heterocycles. The van der Waals surface area contributed by atoms with E-state index >= 15 is 0 Å². The van der Waals surface area contributed by atoms with E-state index in [0.717, 1.165) is 6.26 Å². The Labute approximate surface area is 71.6 Å². The number of hydrogen-bond donors (Lipinski definition) is 0. The quantitative estimate of drug-likeness (QED) is 0.583. The van der Waals surface area contributed by atoms with Gasteiger partial charge in [0.25, 0.3) is 0 Å². The fourth-order valence-corrected chi connectivity index (χ4v) is 0. The molecule has 0 saturated carbocycles. The Kier molecular flexibility index (Phi) is 23.3. The molecule has 8 heavy (non-hydrogen) atoms. The van der Waals surface area contributed by atoms with Gasteiger partial charge in [-0.1, -0.05) is 0 Å². The standard InChI is InChI=1S/CH3ClO2S.3ClH/c1-5(2,3)4;;;/h1H3;3*1H. The van der Waals surface area contributed by atoms with Gasteiger partial charge in [-0.05, 0) is 0 Å². The van der Waals surface area contributed by atoms with Gasteiger partial charge >= 0.3 is 0 Å².